The maximum atomic E-state index is 9.55. The first-order valence-electron chi connectivity index (χ1n) is 5.81. The first-order valence-corrected chi connectivity index (χ1v) is 5.81. The van der Waals surface area contributed by atoms with Crippen LogP contribution in [0.15, 0.2) is 48.5 Å². The molecule has 19 heavy (non-hydrogen) atoms. The molecule has 4 nitrogen and oxygen atoms in total. The summed E-state index contributed by atoms with van der Waals surface area (Å²) in [5.41, 5.74) is 1.41. The second-order valence-corrected chi connectivity index (χ2v) is 3.89. The first kappa shape index (κ1) is 15.7. The molecule has 0 aliphatic heterocycles. The molecule has 0 spiro atoms. The first-order chi connectivity index (χ1) is 8.77. The Morgan fingerprint density at radius 1 is 0.684 bits per heavy atom. The zero-order valence-electron chi connectivity index (χ0n) is 9.93. The second kappa shape index (κ2) is 7.94. The number of nitrogens with one attached hydrogen (secondary N) is 2. The monoisotopic (exact) mass is 268 g/mol. The number of anilines is 2. The van der Waals surface area contributed by atoms with Crippen molar-refractivity contribution in [2.75, 3.05) is 23.7 Å². The van der Waals surface area contributed by atoms with E-state index in [0.29, 0.717) is 24.5 Å². The quantitative estimate of drug-likeness (QED) is 0.380. The van der Waals surface area contributed by atoms with Gasteiger partial charge in [-0.3, -0.25) is 0 Å². The van der Waals surface area contributed by atoms with E-state index in [0.717, 1.165) is 0 Å². The third-order valence-corrected chi connectivity index (χ3v) is 2.56. The summed E-state index contributed by atoms with van der Waals surface area (Å²) in [7, 11) is 0. The van der Waals surface area contributed by atoms with Gasteiger partial charge in [-0.1, -0.05) is 24.3 Å². The summed E-state index contributed by atoms with van der Waals surface area (Å²) >= 11 is 0. The van der Waals surface area contributed by atoms with Crippen LogP contribution in [0.5, 0.6) is 11.5 Å². The minimum absolute atomic E-state index is 0. The van der Waals surface area contributed by atoms with Crippen LogP contribution in [0.3, 0.4) is 0 Å². The fraction of sp³-hybridized carbons (Fsp3) is 0.143. The van der Waals surface area contributed by atoms with Gasteiger partial charge in [-0.05, 0) is 24.3 Å². The normalized spacial score (nSPS) is 9.47. The molecule has 5 heteroatoms. The molecule has 96 valence electrons. The van der Waals surface area contributed by atoms with Crippen molar-refractivity contribution in [3.05, 3.63) is 48.5 Å². The minimum atomic E-state index is 0. The molecule has 2 aromatic rings. The van der Waals surface area contributed by atoms with Crippen LogP contribution in [0.4, 0.5) is 11.4 Å². The van der Waals surface area contributed by atoms with Gasteiger partial charge >= 0.3 is 29.6 Å². The Bertz CT molecular complexity index is 473. The average molecular weight is 268 g/mol. The van der Waals surface area contributed by atoms with Crippen molar-refractivity contribution in [2.24, 2.45) is 0 Å². The number of phenolic OH excluding ortho intramolecular Hbond substituents is 2. The SMILES string of the molecule is Oc1ccccc1NCCNc1ccccc1O.[NaH]. The molecule has 0 saturated carbocycles. The van der Waals surface area contributed by atoms with Gasteiger partial charge in [0.05, 0.1) is 11.4 Å². The van der Waals surface area contributed by atoms with Gasteiger partial charge in [0.1, 0.15) is 11.5 Å². The molecule has 0 radical (unpaired) electrons. The van der Waals surface area contributed by atoms with Crippen molar-refractivity contribution >= 4 is 40.9 Å². The molecule has 0 fully saturated rings. The Balaban J connectivity index is 0.00000180. The molecule has 4 N–H and O–H groups in total. The van der Waals surface area contributed by atoms with E-state index in [1.807, 2.05) is 24.3 Å². The second-order valence-electron chi connectivity index (χ2n) is 3.89. The van der Waals surface area contributed by atoms with Gasteiger partial charge in [0.25, 0.3) is 0 Å². The Hall–Kier alpha value is -1.36. The Morgan fingerprint density at radius 3 is 1.42 bits per heavy atom. The third-order valence-electron chi connectivity index (χ3n) is 2.56. The predicted molar refractivity (Wildman–Crippen MR) is 80.3 cm³/mol. The van der Waals surface area contributed by atoms with Crippen LogP contribution in [0, 0.1) is 0 Å². The number of aromatic hydroxyl groups is 2. The number of rotatable bonds is 5. The predicted octanol–water partition coefficient (Wildman–Crippen LogP) is 1.97. The van der Waals surface area contributed by atoms with Crippen LogP contribution in [0.25, 0.3) is 0 Å². The van der Waals surface area contributed by atoms with Gasteiger partial charge in [-0.15, -0.1) is 0 Å². The summed E-state index contributed by atoms with van der Waals surface area (Å²) in [6.45, 7) is 1.29. The van der Waals surface area contributed by atoms with Gasteiger partial charge in [0.15, 0.2) is 0 Å². The number of para-hydroxylation sites is 4. The molecule has 0 aliphatic rings. The van der Waals surface area contributed by atoms with Crippen molar-refractivity contribution < 1.29 is 10.2 Å². The summed E-state index contributed by atoms with van der Waals surface area (Å²) in [6.07, 6.45) is 0. The average Bonchev–Trinajstić information content (AvgIpc) is 2.38. The Morgan fingerprint density at radius 2 is 1.05 bits per heavy atom. The van der Waals surface area contributed by atoms with E-state index in [1.165, 1.54) is 0 Å². The van der Waals surface area contributed by atoms with Gasteiger partial charge in [0.2, 0.25) is 0 Å². The zero-order valence-corrected chi connectivity index (χ0v) is 9.93. The molecule has 0 heterocycles. The molecule has 0 atom stereocenters. The van der Waals surface area contributed by atoms with E-state index >= 15 is 0 Å². The van der Waals surface area contributed by atoms with Crippen LogP contribution in [0.2, 0.25) is 0 Å². The fourth-order valence-corrected chi connectivity index (χ4v) is 1.64. The summed E-state index contributed by atoms with van der Waals surface area (Å²) in [4.78, 5) is 0. The zero-order chi connectivity index (χ0) is 12.8. The van der Waals surface area contributed by atoms with Crippen LogP contribution < -0.4 is 10.6 Å². The molecule has 0 amide bonds. The maximum absolute atomic E-state index is 9.55. The van der Waals surface area contributed by atoms with Crippen molar-refractivity contribution in [2.45, 2.75) is 0 Å². The Labute approximate surface area is 134 Å². The van der Waals surface area contributed by atoms with Crippen molar-refractivity contribution in [3.8, 4) is 11.5 Å². The molecule has 2 aromatic carbocycles. The van der Waals surface area contributed by atoms with E-state index < -0.39 is 0 Å². The van der Waals surface area contributed by atoms with Crippen LogP contribution in [-0.2, 0) is 0 Å². The van der Waals surface area contributed by atoms with E-state index in [2.05, 4.69) is 10.6 Å². The van der Waals surface area contributed by atoms with Crippen molar-refractivity contribution in [3.63, 3.8) is 0 Å². The Kier molecular flexibility index (Phi) is 6.56. The van der Waals surface area contributed by atoms with E-state index in [1.54, 1.807) is 24.3 Å². The van der Waals surface area contributed by atoms with E-state index in [4.69, 9.17) is 0 Å². The van der Waals surface area contributed by atoms with Crippen molar-refractivity contribution in [1.82, 2.24) is 0 Å². The van der Waals surface area contributed by atoms with E-state index in [-0.39, 0.29) is 41.1 Å². The fourth-order valence-electron chi connectivity index (χ4n) is 1.64. The molecule has 0 unspecified atom stereocenters. The van der Waals surface area contributed by atoms with Gasteiger partial charge in [-0.25, -0.2) is 0 Å². The molecular weight excluding hydrogens is 251 g/mol. The van der Waals surface area contributed by atoms with Crippen LogP contribution in [0.1, 0.15) is 0 Å². The molecule has 0 aromatic heterocycles. The summed E-state index contributed by atoms with van der Waals surface area (Å²) in [6, 6.07) is 14.2. The van der Waals surface area contributed by atoms with Crippen molar-refractivity contribution in [1.29, 1.82) is 0 Å². The van der Waals surface area contributed by atoms with E-state index in [9.17, 15) is 10.2 Å². The number of hydrogen-bond acceptors (Lipinski definition) is 4. The molecular formula is C14H17N2NaO2. The topological polar surface area (TPSA) is 64.5 Å². The van der Waals surface area contributed by atoms with Crippen LogP contribution >= 0.6 is 0 Å². The number of phenols is 2. The summed E-state index contributed by atoms with van der Waals surface area (Å²) in [5.74, 6) is 0.472. The number of hydrogen-bond donors (Lipinski definition) is 4. The number of benzene rings is 2. The van der Waals surface area contributed by atoms with Crippen LogP contribution in [-0.4, -0.2) is 52.9 Å². The molecule has 2 rings (SSSR count). The van der Waals surface area contributed by atoms with Gasteiger partial charge in [-0.2, -0.15) is 0 Å². The van der Waals surface area contributed by atoms with Gasteiger partial charge in [0, 0.05) is 13.1 Å². The standard InChI is InChI=1S/C14H16N2O2.Na.H/c17-13-7-3-1-5-11(13)15-9-10-16-12-6-2-4-8-14(12)18;;/h1-8,15-18H,9-10H2;;. The third kappa shape index (κ3) is 4.67. The summed E-state index contributed by atoms with van der Waals surface area (Å²) < 4.78 is 0. The summed E-state index contributed by atoms with van der Waals surface area (Å²) in [5, 5.41) is 25.3. The molecule has 0 saturated heterocycles. The molecule has 0 aliphatic carbocycles. The molecule has 0 bridgehead atoms. The van der Waals surface area contributed by atoms with Gasteiger partial charge < -0.3 is 20.8 Å².